The molecule has 0 unspecified atom stereocenters. The Morgan fingerprint density at radius 1 is 1.19 bits per heavy atom. The molecule has 0 aromatic carbocycles. The Morgan fingerprint density at radius 3 is 1.81 bits per heavy atom. The van der Waals surface area contributed by atoms with Crippen LogP contribution < -0.4 is 5.73 Å². The van der Waals surface area contributed by atoms with Gasteiger partial charge in [0.25, 0.3) is 0 Å². The zero-order chi connectivity index (χ0) is 13.3. The fourth-order valence-electron chi connectivity index (χ4n) is 0.644. The molecule has 0 aliphatic heterocycles. The van der Waals surface area contributed by atoms with Crippen molar-refractivity contribution in [2.75, 3.05) is 6.61 Å². The molecule has 0 amide bonds. The number of halogens is 3. The topological polar surface area (TPSA) is 124 Å². The van der Waals surface area contributed by atoms with E-state index in [9.17, 15) is 4.79 Å². The Bertz CT molecular complexity index is 187. The standard InChI is InChI=1S/C6H13NO5.3ClH.Pt/c7-3(1-8)5(11)6(12)4(10)2-9;;;;/h1,3-6,9-12H,2,7H2;3*1H;/q;;;;+3/p-3/t3-,4+,5+,6+;;;;/m0..../s1. The predicted molar refractivity (Wildman–Crippen MR) is 56.7 cm³/mol. The van der Waals surface area contributed by atoms with Crippen LogP contribution >= 0.6 is 28.3 Å². The molecule has 0 bridgehead atoms. The molecule has 0 spiro atoms. The van der Waals surface area contributed by atoms with E-state index in [0.717, 1.165) is 0 Å². The number of hydrogen-bond acceptors (Lipinski definition) is 6. The van der Waals surface area contributed by atoms with Crippen molar-refractivity contribution < 1.29 is 39.4 Å². The number of aliphatic hydroxyl groups is 4. The van der Waals surface area contributed by atoms with Gasteiger partial charge in [-0.15, -0.1) is 0 Å². The summed E-state index contributed by atoms with van der Waals surface area (Å²) in [5.74, 6) is 0. The SMILES string of the molecule is N[C@@H](C=O)[C@@H](O)[C@H](O)[C@H](O)CO.[Cl][Pt]([Cl])[Cl]. The molecular weight excluding hydrogens is 468 g/mol. The quantitative estimate of drug-likeness (QED) is 0.310. The molecular formula is C6H13Cl3NO5Pt. The number of carbonyl (C=O) groups is 1. The van der Waals surface area contributed by atoms with E-state index >= 15 is 0 Å². The third-order valence-electron chi connectivity index (χ3n) is 1.48. The molecule has 0 fully saturated rings. The van der Waals surface area contributed by atoms with Crippen LogP contribution in [0.15, 0.2) is 0 Å². The molecule has 16 heavy (non-hydrogen) atoms. The van der Waals surface area contributed by atoms with Gasteiger partial charge in [-0.2, -0.15) is 0 Å². The van der Waals surface area contributed by atoms with E-state index in [1.807, 2.05) is 0 Å². The van der Waals surface area contributed by atoms with Crippen LogP contribution in [0.4, 0.5) is 0 Å². The van der Waals surface area contributed by atoms with Gasteiger partial charge < -0.3 is 31.0 Å². The van der Waals surface area contributed by atoms with Crippen molar-refractivity contribution in [2.24, 2.45) is 5.73 Å². The van der Waals surface area contributed by atoms with E-state index in [1.54, 1.807) is 0 Å². The van der Waals surface area contributed by atoms with Crippen LogP contribution in [0.1, 0.15) is 0 Å². The summed E-state index contributed by atoms with van der Waals surface area (Å²) in [5, 5.41) is 35.2. The minimum atomic E-state index is -1.85. The zero-order valence-electron chi connectivity index (χ0n) is 7.82. The molecule has 0 aliphatic carbocycles. The van der Waals surface area contributed by atoms with Crippen LogP contribution in [0, 0.1) is 0 Å². The van der Waals surface area contributed by atoms with E-state index in [4.69, 9.17) is 54.4 Å². The second kappa shape index (κ2) is 11.1. The van der Waals surface area contributed by atoms with Gasteiger partial charge in [0.15, 0.2) is 0 Å². The molecule has 0 aromatic rings. The molecule has 0 heterocycles. The summed E-state index contributed by atoms with van der Waals surface area (Å²) in [6, 6.07) is -1.26. The molecule has 6 nitrogen and oxygen atoms in total. The average molecular weight is 481 g/mol. The number of rotatable bonds is 5. The van der Waals surface area contributed by atoms with Crippen molar-refractivity contribution in [1.82, 2.24) is 0 Å². The summed E-state index contributed by atoms with van der Waals surface area (Å²) >= 11 is -1.85. The average Bonchev–Trinajstić information content (AvgIpc) is 2.24. The maximum atomic E-state index is 10.0. The summed E-state index contributed by atoms with van der Waals surface area (Å²) in [6.45, 7) is -0.705. The molecule has 103 valence electrons. The molecule has 0 aromatic heterocycles. The summed E-state index contributed by atoms with van der Waals surface area (Å²) in [7, 11) is 14.9. The van der Waals surface area contributed by atoms with Crippen molar-refractivity contribution in [3.63, 3.8) is 0 Å². The first-order valence-corrected chi connectivity index (χ1v) is 12.2. The predicted octanol–water partition coefficient (Wildman–Crippen LogP) is -1.35. The molecule has 0 saturated heterocycles. The number of hydrogen-bond donors (Lipinski definition) is 5. The summed E-state index contributed by atoms with van der Waals surface area (Å²) < 4.78 is 0. The molecule has 0 aliphatic rings. The van der Waals surface area contributed by atoms with Gasteiger partial charge in [0, 0.05) is 0 Å². The second-order valence-corrected chi connectivity index (χ2v) is 12.4. The van der Waals surface area contributed by atoms with Gasteiger partial charge in [-0.25, -0.2) is 0 Å². The van der Waals surface area contributed by atoms with Crippen molar-refractivity contribution >= 4 is 34.5 Å². The van der Waals surface area contributed by atoms with Gasteiger partial charge >= 0.3 is 42.4 Å². The van der Waals surface area contributed by atoms with Crippen LogP contribution in [0.25, 0.3) is 0 Å². The molecule has 6 N–H and O–H groups in total. The summed E-state index contributed by atoms with van der Waals surface area (Å²) in [6.07, 6.45) is -4.43. The number of aldehydes is 1. The first-order chi connectivity index (χ1) is 7.27. The first-order valence-electron chi connectivity index (χ1n) is 3.76. The van der Waals surface area contributed by atoms with Crippen molar-refractivity contribution in [3.8, 4) is 0 Å². The van der Waals surface area contributed by atoms with Crippen molar-refractivity contribution in [3.05, 3.63) is 0 Å². The van der Waals surface area contributed by atoms with E-state index in [-0.39, 0.29) is 6.29 Å². The van der Waals surface area contributed by atoms with Crippen LogP contribution in [-0.4, -0.2) is 57.7 Å². The zero-order valence-corrected chi connectivity index (χ0v) is 12.4. The van der Waals surface area contributed by atoms with Gasteiger partial charge in [0.05, 0.1) is 12.6 Å². The van der Waals surface area contributed by atoms with E-state index < -0.39 is 45.1 Å². The van der Waals surface area contributed by atoms with Gasteiger partial charge in [0.1, 0.15) is 24.6 Å². The minimum absolute atomic E-state index is 0.248. The summed E-state index contributed by atoms with van der Waals surface area (Å²) in [4.78, 5) is 10.0. The van der Waals surface area contributed by atoms with E-state index in [0.29, 0.717) is 0 Å². The third kappa shape index (κ3) is 10.2. The Balaban J connectivity index is 0. The fraction of sp³-hybridized carbons (Fsp3) is 0.833. The summed E-state index contributed by atoms with van der Waals surface area (Å²) in [5.41, 5.74) is 5.04. The number of nitrogens with two attached hydrogens (primary N) is 1. The van der Waals surface area contributed by atoms with Crippen LogP contribution in [0.3, 0.4) is 0 Å². The Morgan fingerprint density at radius 2 is 1.56 bits per heavy atom. The van der Waals surface area contributed by atoms with Gasteiger partial charge in [0.2, 0.25) is 0 Å². The Kier molecular flexibility index (Phi) is 13.5. The maximum absolute atomic E-state index is 10.0. The van der Waals surface area contributed by atoms with Crippen LogP contribution in [-0.2, 0) is 19.0 Å². The normalized spacial score (nSPS) is 18.6. The third-order valence-corrected chi connectivity index (χ3v) is 1.48. The molecule has 0 saturated carbocycles. The number of aliphatic hydroxyl groups excluding tert-OH is 4. The Hall–Kier alpha value is 1.03. The number of carbonyl (C=O) groups excluding carboxylic acids is 1. The van der Waals surface area contributed by atoms with E-state index in [2.05, 4.69) is 0 Å². The second-order valence-electron chi connectivity index (χ2n) is 2.58. The van der Waals surface area contributed by atoms with Crippen LogP contribution in [0.5, 0.6) is 0 Å². The monoisotopic (exact) mass is 479 g/mol. The van der Waals surface area contributed by atoms with Crippen LogP contribution in [0.2, 0.25) is 0 Å². The fourth-order valence-corrected chi connectivity index (χ4v) is 0.644. The van der Waals surface area contributed by atoms with Crippen molar-refractivity contribution in [1.29, 1.82) is 0 Å². The van der Waals surface area contributed by atoms with E-state index in [1.165, 1.54) is 0 Å². The van der Waals surface area contributed by atoms with Gasteiger partial charge in [-0.1, -0.05) is 0 Å². The molecule has 0 radical (unpaired) electrons. The molecule has 10 heteroatoms. The van der Waals surface area contributed by atoms with Crippen molar-refractivity contribution in [2.45, 2.75) is 24.4 Å². The molecule has 0 rings (SSSR count). The van der Waals surface area contributed by atoms with Gasteiger partial charge in [-0.3, -0.25) is 0 Å². The Labute approximate surface area is 110 Å². The first kappa shape index (κ1) is 19.4. The van der Waals surface area contributed by atoms with Gasteiger partial charge in [-0.05, 0) is 0 Å². The molecule has 4 atom stereocenters.